The topological polar surface area (TPSA) is 62.2 Å². The Bertz CT molecular complexity index is 1230. The minimum atomic E-state index is -0.354. The van der Waals surface area contributed by atoms with Crippen LogP contribution in [0.25, 0.3) is 11.1 Å². The van der Waals surface area contributed by atoms with E-state index in [1.54, 1.807) is 30.3 Å². The fourth-order valence-corrected chi connectivity index (χ4v) is 5.38. The van der Waals surface area contributed by atoms with Gasteiger partial charge >= 0.3 is 0 Å². The summed E-state index contributed by atoms with van der Waals surface area (Å²) in [4.78, 5) is 2.52. The summed E-state index contributed by atoms with van der Waals surface area (Å²) in [6.07, 6.45) is 2.17. The minimum absolute atomic E-state index is 0.194. The zero-order valence-electron chi connectivity index (χ0n) is 20.6. The molecule has 3 aromatic rings. The van der Waals surface area contributed by atoms with Crippen LogP contribution in [0.4, 0.5) is 0 Å². The van der Waals surface area contributed by atoms with Crippen molar-refractivity contribution in [3.63, 3.8) is 0 Å². The van der Waals surface area contributed by atoms with Gasteiger partial charge in [0.1, 0.15) is 35.7 Å². The van der Waals surface area contributed by atoms with Crippen LogP contribution in [0.15, 0.2) is 66.7 Å². The molecule has 2 aliphatic heterocycles. The highest BCUT2D eigenvalue weighted by atomic mass is 16.5. The lowest BCUT2D eigenvalue weighted by Gasteiger charge is -2.31. The van der Waals surface area contributed by atoms with E-state index in [1.807, 2.05) is 43.3 Å². The Hall–Kier alpha value is -3.44. The highest BCUT2D eigenvalue weighted by Gasteiger charge is 2.30. The Labute approximate surface area is 207 Å². The second-order valence-corrected chi connectivity index (χ2v) is 9.73. The van der Waals surface area contributed by atoms with Crippen LogP contribution in [0.1, 0.15) is 56.4 Å². The zero-order valence-corrected chi connectivity index (χ0v) is 20.6. The van der Waals surface area contributed by atoms with Gasteiger partial charge in [-0.25, -0.2) is 0 Å². The Morgan fingerprint density at radius 3 is 2.51 bits per heavy atom. The number of fused-ring (bicyclic) bond motifs is 1. The molecule has 5 rings (SSSR count). The second-order valence-electron chi connectivity index (χ2n) is 9.73. The smallest absolute Gasteiger partial charge is 0.150 e. The number of phenols is 2. The summed E-state index contributed by atoms with van der Waals surface area (Å²) in [5.74, 6) is 1.96. The number of benzene rings is 3. The Morgan fingerprint density at radius 1 is 1.03 bits per heavy atom. The zero-order chi connectivity index (χ0) is 24.5. The largest absolute Gasteiger partial charge is 0.508 e. The van der Waals surface area contributed by atoms with E-state index >= 15 is 0 Å². The van der Waals surface area contributed by atoms with Crippen molar-refractivity contribution in [1.29, 1.82) is 0 Å². The van der Waals surface area contributed by atoms with Crippen molar-refractivity contribution in [1.82, 2.24) is 4.90 Å². The van der Waals surface area contributed by atoms with Crippen LogP contribution in [-0.2, 0) is 0 Å². The van der Waals surface area contributed by atoms with Crippen molar-refractivity contribution < 1.29 is 19.7 Å². The molecule has 0 bridgehead atoms. The average Bonchev–Trinajstić information content (AvgIpc) is 3.29. The Kier molecular flexibility index (Phi) is 6.44. The maximum Gasteiger partial charge on any atom is 0.150 e. The van der Waals surface area contributed by atoms with Crippen molar-refractivity contribution in [3.8, 4) is 23.0 Å². The van der Waals surface area contributed by atoms with Crippen molar-refractivity contribution in [2.45, 2.75) is 51.8 Å². The van der Waals surface area contributed by atoms with Crippen LogP contribution in [-0.4, -0.2) is 40.3 Å². The number of hydrogen-bond donors (Lipinski definition) is 2. The number of likely N-dealkylation sites (tertiary alicyclic amines) is 1. The minimum Gasteiger partial charge on any atom is -0.508 e. The normalized spacial score (nSPS) is 20.9. The highest BCUT2D eigenvalue weighted by Crippen LogP contribution is 2.47. The molecule has 3 unspecified atom stereocenters. The summed E-state index contributed by atoms with van der Waals surface area (Å²) < 4.78 is 12.6. The van der Waals surface area contributed by atoms with Crippen molar-refractivity contribution >= 4 is 11.1 Å². The molecule has 0 amide bonds. The fourth-order valence-electron chi connectivity index (χ4n) is 5.38. The highest BCUT2D eigenvalue weighted by molar-refractivity contribution is 5.95. The summed E-state index contributed by atoms with van der Waals surface area (Å²) in [5, 5.41) is 20.2. The van der Waals surface area contributed by atoms with Crippen LogP contribution >= 0.6 is 0 Å². The second kappa shape index (κ2) is 9.67. The number of aromatic hydroxyl groups is 2. The molecule has 0 saturated carbocycles. The van der Waals surface area contributed by atoms with E-state index < -0.39 is 0 Å². The lowest BCUT2D eigenvalue weighted by atomic mass is 9.86. The third kappa shape index (κ3) is 4.73. The summed E-state index contributed by atoms with van der Waals surface area (Å²) in [6.45, 7) is 8.36. The summed E-state index contributed by atoms with van der Waals surface area (Å²) in [7, 11) is 0. The fraction of sp³-hybridized carbons (Fsp3) is 0.333. The van der Waals surface area contributed by atoms with E-state index in [1.165, 1.54) is 12.8 Å². The van der Waals surface area contributed by atoms with E-state index in [9.17, 15) is 10.2 Å². The molecule has 2 heterocycles. The van der Waals surface area contributed by atoms with Gasteiger partial charge in [-0.1, -0.05) is 24.3 Å². The molecule has 5 heteroatoms. The molecule has 3 aromatic carbocycles. The number of nitrogens with zero attached hydrogens (tertiary/aromatic N) is 1. The lowest BCUT2D eigenvalue weighted by Crippen LogP contribution is -2.39. The molecule has 35 heavy (non-hydrogen) atoms. The summed E-state index contributed by atoms with van der Waals surface area (Å²) in [6, 6.07) is 21.5. The first-order valence-electron chi connectivity index (χ1n) is 12.4. The Morgan fingerprint density at radius 2 is 1.80 bits per heavy atom. The van der Waals surface area contributed by atoms with Crippen LogP contribution in [0, 0.1) is 0 Å². The van der Waals surface area contributed by atoms with Gasteiger partial charge in [-0.15, -0.1) is 0 Å². The van der Waals surface area contributed by atoms with Crippen molar-refractivity contribution in [2.24, 2.45) is 0 Å². The van der Waals surface area contributed by atoms with Gasteiger partial charge in [0, 0.05) is 23.2 Å². The molecule has 0 spiro atoms. The maximum absolute atomic E-state index is 10.1. The van der Waals surface area contributed by atoms with Gasteiger partial charge in [0.25, 0.3) is 0 Å². The van der Waals surface area contributed by atoms with Crippen LogP contribution in [0.3, 0.4) is 0 Å². The van der Waals surface area contributed by atoms with Gasteiger partial charge in [-0.05, 0) is 99.3 Å². The molecule has 1 fully saturated rings. The number of ether oxygens (including phenoxy) is 2. The molecule has 182 valence electrons. The first-order valence-corrected chi connectivity index (χ1v) is 12.4. The molecular weight excluding hydrogens is 438 g/mol. The monoisotopic (exact) mass is 471 g/mol. The van der Waals surface area contributed by atoms with E-state index in [2.05, 4.69) is 18.7 Å². The average molecular weight is 472 g/mol. The van der Waals surface area contributed by atoms with Crippen LogP contribution in [0.5, 0.6) is 23.0 Å². The standard InChI is InChI=1S/C30H33NO4/c1-19-6-5-15-31(19)20(2)18-34-26-12-9-22(10-13-26)30-29(23-7-4-8-24(32)16-23)21(3)27-17-25(33)11-14-28(27)35-30/h4,7-14,16-17,19-20,30,32-33H,5-6,15,18H2,1-3H3. The first-order chi connectivity index (χ1) is 16.9. The SMILES string of the molecule is CC1=C(c2cccc(O)c2)C(c2ccc(OCC(C)N3CCCC3C)cc2)Oc2ccc(O)cc21. The lowest BCUT2D eigenvalue weighted by molar-refractivity contribution is 0.141. The third-order valence-corrected chi connectivity index (χ3v) is 7.28. The van der Waals surface area contributed by atoms with E-state index in [-0.39, 0.29) is 17.6 Å². The van der Waals surface area contributed by atoms with Crippen LogP contribution in [0.2, 0.25) is 0 Å². The maximum atomic E-state index is 10.1. The van der Waals surface area contributed by atoms with Crippen LogP contribution < -0.4 is 9.47 Å². The van der Waals surface area contributed by atoms with E-state index in [0.29, 0.717) is 18.7 Å². The quantitative estimate of drug-likeness (QED) is 0.435. The molecule has 5 nitrogen and oxygen atoms in total. The van der Waals surface area contributed by atoms with Crippen molar-refractivity contribution in [3.05, 3.63) is 83.4 Å². The molecule has 0 aromatic heterocycles. The van der Waals surface area contributed by atoms with E-state index in [4.69, 9.17) is 9.47 Å². The van der Waals surface area contributed by atoms with Gasteiger partial charge in [0.2, 0.25) is 0 Å². The molecular formula is C30H33NO4. The van der Waals surface area contributed by atoms with E-state index in [0.717, 1.165) is 45.9 Å². The molecule has 0 aliphatic carbocycles. The molecule has 2 N–H and O–H groups in total. The third-order valence-electron chi connectivity index (χ3n) is 7.28. The number of phenolic OH excluding ortho intramolecular Hbond substituents is 2. The summed E-state index contributed by atoms with van der Waals surface area (Å²) in [5.41, 5.74) is 4.70. The predicted molar refractivity (Wildman–Crippen MR) is 139 cm³/mol. The number of allylic oxidation sites excluding steroid dienone is 1. The molecule has 3 atom stereocenters. The van der Waals surface area contributed by atoms with Gasteiger partial charge in [-0.2, -0.15) is 0 Å². The van der Waals surface area contributed by atoms with Crippen molar-refractivity contribution in [2.75, 3.05) is 13.2 Å². The number of rotatable bonds is 6. The molecule has 2 aliphatic rings. The molecule has 0 radical (unpaired) electrons. The van der Waals surface area contributed by atoms with Gasteiger partial charge < -0.3 is 19.7 Å². The Balaban J connectivity index is 1.42. The first kappa shape index (κ1) is 23.3. The summed E-state index contributed by atoms with van der Waals surface area (Å²) >= 11 is 0. The van der Waals surface area contributed by atoms with Gasteiger partial charge in [0.05, 0.1) is 0 Å². The van der Waals surface area contributed by atoms with Gasteiger partial charge in [0.15, 0.2) is 0 Å². The van der Waals surface area contributed by atoms with Gasteiger partial charge in [-0.3, -0.25) is 4.90 Å². The predicted octanol–water partition coefficient (Wildman–Crippen LogP) is 6.41. The molecule has 1 saturated heterocycles. The number of hydrogen-bond acceptors (Lipinski definition) is 5.